The van der Waals surface area contributed by atoms with Crippen LogP contribution in [0.15, 0.2) is 261 Å². The van der Waals surface area contributed by atoms with Crippen molar-refractivity contribution in [3.8, 4) is 63.1 Å². The summed E-state index contributed by atoms with van der Waals surface area (Å²) in [6.45, 7) is 3.51. The summed E-state index contributed by atoms with van der Waals surface area (Å²) in [5, 5.41) is 4.51. The van der Waals surface area contributed by atoms with Crippen LogP contribution in [0.3, 0.4) is 0 Å². The molecule has 554 valence electrons. The van der Waals surface area contributed by atoms with Gasteiger partial charge in [-0.3, -0.25) is 0 Å². The van der Waals surface area contributed by atoms with Gasteiger partial charge in [-0.1, -0.05) is 140 Å². The Labute approximate surface area is 668 Å². The summed E-state index contributed by atoms with van der Waals surface area (Å²) in [5.74, 6) is -3.25. The van der Waals surface area contributed by atoms with Crippen molar-refractivity contribution in [2.24, 2.45) is 0 Å². The van der Waals surface area contributed by atoms with Gasteiger partial charge >= 0.3 is 0 Å². The molecule has 19 aromatic rings. The zero-order valence-electron chi connectivity index (χ0n) is 61.0. The molecule has 22 heteroatoms. The maximum absolute atomic E-state index is 18.2. The number of ether oxygens (including phenoxy) is 4. The van der Waals surface area contributed by atoms with Gasteiger partial charge in [0.05, 0.1) is 50.2 Å². The molecule has 6 aliphatic heterocycles. The van der Waals surface area contributed by atoms with Gasteiger partial charge in [-0.2, -0.15) is 0 Å². The van der Waals surface area contributed by atoms with Crippen molar-refractivity contribution in [3.63, 3.8) is 0 Å². The van der Waals surface area contributed by atoms with Gasteiger partial charge in [-0.25, -0.2) is 35.1 Å². The smallest absolute Gasteiger partial charge is 0.273 e. The van der Waals surface area contributed by atoms with Crippen molar-refractivity contribution in [2.45, 2.75) is 6.92 Å². The van der Waals surface area contributed by atoms with Crippen LogP contribution in [0.2, 0.25) is 0 Å². The first-order chi connectivity index (χ1) is 57.2. The van der Waals surface area contributed by atoms with Crippen LogP contribution in [0.25, 0.3) is 98.6 Å². The number of allylic oxidation sites excluding steroid dienone is 2. The van der Waals surface area contributed by atoms with Crippen LogP contribution in [0.4, 0.5) is 69.2 Å². The summed E-state index contributed by atoms with van der Waals surface area (Å²) >= 11 is 3.02. The molecule has 0 saturated heterocycles. The third kappa shape index (κ3) is 8.89. The summed E-state index contributed by atoms with van der Waals surface area (Å²) in [5.41, 5.74) is 7.62. The third-order valence-electron chi connectivity index (χ3n) is 24.3. The Morgan fingerprint density at radius 1 is 0.333 bits per heavy atom. The van der Waals surface area contributed by atoms with E-state index in [0.717, 1.165) is 59.2 Å². The van der Waals surface area contributed by atoms with E-state index in [1.54, 1.807) is 99.7 Å². The highest BCUT2D eigenvalue weighted by Gasteiger charge is 2.52. The Bertz CT molecular complexity index is 7690. The van der Waals surface area contributed by atoms with Crippen LogP contribution in [-0.2, 0) is 0 Å². The number of benzene rings is 14. The second-order valence-electron chi connectivity index (χ2n) is 30.3. The minimum absolute atomic E-state index is 0.0340. The number of hydrogen-bond donors (Lipinski definition) is 0. The van der Waals surface area contributed by atoms with Crippen LogP contribution in [0.1, 0.15) is 10.4 Å². The van der Waals surface area contributed by atoms with Gasteiger partial charge < -0.3 is 42.4 Å². The Morgan fingerprint density at radius 3 is 1.26 bits per heavy atom. The highest BCUT2D eigenvalue weighted by atomic mass is 32.1. The average molecular weight is 1570 g/mol. The van der Waals surface area contributed by atoms with Crippen LogP contribution < -0.4 is 76.5 Å². The van der Waals surface area contributed by atoms with Crippen molar-refractivity contribution in [1.29, 1.82) is 0 Å². The number of nitrogens with zero attached hydrogens (tertiary/aromatic N) is 5. The highest BCUT2D eigenvalue weighted by Crippen LogP contribution is 2.53. The Kier molecular flexibility index (Phi) is 13.6. The van der Waals surface area contributed by atoms with E-state index >= 15 is 35.1 Å². The normalized spacial score (nSPS) is 13.7. The maximum Gasteiger partial charge on any atom is 0.273 e. The largest absolute Gasteiger partial charge is 0.458 e. The quantitative estimate of drug-likeness (QED) is 0.0900. The molecule has 0 unspecified atom stereocenters. The molecule has 0 N–H and O–H groups in total. The number of aromatic nitrogens is 3. The summed E-state index contributed by atoms with van der Waals surface area (Å²) < 4.78 is 177. The SMILES string of the molecule is C=C/C=C\c1sc2c(c1C)Oc1cc(-n3c4c(F)cccc4c4cccc(F)c43)cc3c1B2c1cc2c(cc1N3c1c(F)cccc1F)N(c1c(F)cccc1F)c1cc(-n3c4ccccc4c4ccccc43)cc3c1B2c1cc2c(cc1O3)Oc1cc(-n3c4c(F)cccc4c4cccc(F)c43)cc3c1B2c1sc2ccccc2c1O3. The minimum Gasteiger partial charge on any atom is -0.458 e. The topological polar surface area (TPSA) is 58.2 Å². The van der Waals surface area contributed by atoms with E-state index < -0.39 is 78.1 Å². The van der Waals surface area contributed by atoms with Crippen molar-refractivity contribution in [3.05, 3.63) is 318 Å². The molecule has 0 saturated carbocycles. The first-order valence-corrected chi connectivity index (χ1v) is 39.6. The number of anilines is 6. The van der Waals surface area contributed by atoms with Crippen LogP contribution in [-0.4, -0.2) is 33.8 Å². The Morgan fingerprint density at radius 2 is 0.726 bits per heavy atom. The third-order valence-corrected chi connectivity index (χ3v) is 26.8. The van der Waals surface area contributed by atoms with E-state index in [4.69, 9.17) is 18.9 Å². The van der Waals surface area contributed by atoms with Crippen molar-refractivity contribution in [1.82, 2.24) is 13.7 Å². The zero-order valence-corrected chi connectivity index (χ0v) is 62.6. The minimum atomic E-state index is -0.981. The average Bonchev–Trinajstić information content (AvgIpc) is 0.986. The number of halogens is 8. The molecule has 11 heterocycles. The van der Waals surface area contributed by atoms with Crippen molar-refractivity contribution in [2.75, 3.05) is 9.80 Å². The fourth-order valence-electron chi connectivity index (χ4n) is 19.7. The summed E-state index contributed by atoms with van der Waals surface area (Å²) in [6.07, 6.45) is 5.41. The van der Waals surface area contributed by atoms with Crippen LogP contribution in [0, 0.1) is 53.5 Å². The number of hydrogen-bond acceptors (Lipinski definition) is 8. The fraction of sp³-hybridized carbons (Fsp3) is 0.0105. The molecule has 25 rings (SSSR count). The van der Waals surface area contributed by atoms with E-state index in [9.17, 15) is 0 Å². The van der Waals surface area contributed by atoms with Gasteiger partial charge in [0.1, 0.15) is 104 Å². The number of fused-ring (bicyclic) bond motifs is 23. The summed E-state index contributed by atoms with van der Waals surface area (Å²) in [4.78, 5) is 3.82. The van der Waals surface area contributed by atoms with Crippen molar-refractivity contribution >= 4 is 206 Å². The molecule has 117 heavy (non-hydrogen) atoms. The number of rotatable bonds is 7. The van der Waals surface area contributed by atoms with Gasteiger partial charge in [0, 0.05) is 121 Å². The molecule has 14 aromatic carbocycles. The lowest BCUT2D eigenvalue weighted by Crippen LogP contribution is -2.64. The lowest BCUT2D eigenvalue weighted by Gasteiger charge is -2.44. The zero-order chi connectivity index (χ0) is 78.1. The fourth-order valence-corrected chi connectivity index (χ4v) is 22.2. The molecule has 0 radical (unpaired) electrons. The van der Waals surface area contributed by atoms with Crippen LogP contribution >= 0.6 is 22.7 Å². The van der Waals surface area contributed by atoms with Gasteiger partial charge in [0.25, 0.3) is 20.1 Å². The molecule has 0 aliphatic carbocycles. The lowest BCUT2D eigenvalue weighted by atomic mass is 9.30. The van der Waals surface area contributed by atoms with E-state index in [0.29, 0.717) is 122 Å². The summed E-state index contributed by atoms with van der Waals surface area (Å²) in [6, 6.07) is 68.3. The monoisotopic (exact) mass is 1570 g/mol. The molecule has 5 aromatic heterocycles. The molecule has 0 bridgehead atoms. The molecule has 0 spiro atoms. The maximum atomic E-state index is 18.2. The Balaban J connectivity index is 0.797. The first kappa shape index (κ1) is 66.5. The molecule has 0 amide bonds. The first-order valence-electron chi connectivity index (χ1n) is 38.0. The standard InChI is InChI=1S/C95H48B3F8N5O4S2/c1-3-4-34-81-46(2)92-94(116-81)97-58-42-57-71(44-72(58)111(91-67(105)30-16-31-68(91)106)74-37-48(39-78(114-92)84(74)97)108-86-52(20-11-24-61(86)99)53-21-12-25-62(100)87(53)108)110(90-65(103)28-15-29-66(90)104)73-36-47(107-69-32-8-5-17-50(69)51-18-6-9-33-70(51)107)38-77-83(73)96(57)59-43-60-76(45-75(59)112-77)113-79-40-49(109-88-54(22-13-26-63(88)101)55-23-14-27-64(102)89(55)109)41-80-85(79)98(60)95-93(115-80)56-19-7-10-35-82(56)117-95/h3-45H,1H2,2H3/b34-4-. The van der Waals surface area contributed by atoms with Crippen molar-refractivity contribution < 1.29 is 54.1 Å². The second kappa shape index (κ2) is 23.8. The molecule has 9 nitrogen and oxygen atoms in total. The number of para-hydroxylation sites is 8. The highest BCUT2D eigenvalue weighted by molar-refractivity contribution is 7.33. The second-order valence-corrected chi connectivity index (χ2v) is 32.4. The van der Waals surface area contributed by atoms with E-state index in [2.05, 4.69) is 17.2 Å². The van der Waals surface area contributed by atoms with E-state index in [1.807, 2.05) is 122 Å². The van der Waals surface area contributed by atoms with Crippen LogP contribution in [0.5, 0.6) is 46.0 Å². The molecule has 6 aliphatic rings. The molecule has 0 atom stereocenters. The number of thiophene rings is 2. The lowest BCUT2D eigenvalue weighted by molar-refractivity contribution is 0.457. The van der Waals surface area contributed by atoms with Gasteiger partial charge in [0.2, 0.25) is 0 Å². The predicted octanol–water partition coefficient (Wildman–Crippen LogP) is 20.4. The Hall–Kier alpha value is -13.9. The predicted molar refractivity (Wildman–Crippen MR) is 456 cm³/mol. The van der Waals surface area contributed by atoms with Gasteiger partial charge in [-0.15, -0.1) is 22.7 Å². The van der Waals surface area contributed by atoms with Gasteiger partial charge in [-0.05, 0) is 137 Å². The van der Waals surface area contributed by atoms with E-state index in [1.165, 1.54) is 69.3 Å². The van der Waals surface area contributed by atoms with Gasteiger partial charge in [0.15, 0.2) is 0 Å². The summed E-state index contributed by atoms with van der Waals surface area (Å²) in [7, 11) is 0. The molecular formula is C95H48B3F8N5O4S2. The molecular weight excluding hydrogens is 1520 g/mol. The molecule has 0 fully saturated rings. The van der Waals surface area contributed by atoms with E-state index in [-0.39, 0.29) is 50.6 Å².